The molecule has 4 nitrogen and oxygen atoms in total. The zero-order chi connectivity index (χ0) is 17.9. The zero-order valence-corrected chi connectivity index (χ0v) is 15.2. The highest BCUT2D eigenvalue weighted by molar-refractivity contribution is 5.93. The maximum absolute atomic E-state index is 12.6. The van der Waals surface area contributed by atoms with Crippen LogP contribution >= 0.6 is 0 Å². The molecule has 2 aliphatic rings. The molecule has 0 amide bonds. The van der Waals surface area contributed by atoms with E-state index in [0.717, 1.165) is 31.2 Å². The van der Waals surface area contributed by atoms with Gasteiger partial charge in [-0.15, -0.1) is 0 Å². The lowest BCUT2D eigenvalue weighted by Crippen LogP contribution is -2.34. The Morgan fingerprint density at radius 2 is 1.88 bits per heavy atom. The van der Waals surface area contributed by atoms with Gasteiger partial charge < -0.3 is 14.6 Å². The minimum atomic E-state index is -0.787. The maximum atomic E-state index is 12.6. The van der Waals surface area contributed by atoms with Gasteiger partial charge in [-0.25, -0.2) is 4.79 Å². The Kier molecular flexibility index (Phi) is 5.48. The molecular formula is C21H28O4. The van der Waals surface area contributed by atoms with Gasteiger partial charge in [0.15, 0.2) is 5.60 Å². The lowest BCUT2D eigenvalue weighted by molar-refractivity contribution is -0.151. The highest BCUT2D eigenvalue weighted by Gasteiger charge is 2.50. The smallest absolute Gasteiger partial charge is 0.338 e. The SMILES string of the molecule is CCCO[C@@H](c1ccccc1)[C@@H](C)C1=C(O)C2(CCCCC2)OC1=O. The summed E-state index contributed by atoms with van der Waals surface area (Å²) in [4.78, 5) is 12.6. The van der Waals surface area contributed by atoms with E-state index >= 15 is 0 Å². The van der Waals surface area contributed by atoms with Crippen LogP contribution in [0.5, 0.6) is 0 Å². The van der Waals surface area contributed by atoms with Crippen LogP contribution in [-0.4, -0.2) is 23.3 Å². The minimum absolute atomic E-state index is 0.144. The van der Waals surface area contributed by atoms with E-state index in [-0.39, 0.29) is 23.8 Å². The monoisotopic (exact) mass is 344 g/mol. The van der Waals surface area contributed by atoms with Gasteiger partial charge in [-0.2, -0.15) is 0 Å². The van der Waals surface area contributed by atoms with E-state index in [1.807, 2.05) is 37.3 Å². The standard InChI is InChI=1S/C21H28O4/c1-3-14-24-18(16-10-6-4-7-11-16)15(2)17-19(22)21(25-20(17)23)12-8-5-9-13-21/h4,6-7,10-11,15,18,22H,3,5,8-9,12-14H2,1-2H3/t15-,18+/m0/s1. The summed E-state index contributed by atoms with van der Waals surface area (Å²) in [7, 11) is 0. The minimum Gasteiger partial charge on any atom is -0.507 e. The van der Waals surface area contributed by atoms with Gasteiger partial charge in [-0.3, -0.25) is 0 Å². The predicted octanol–water partition coefficient (Wildman–Crippen LogP) is 4.86. The number of rotatable bonds is 6. The van der Waals surface area contributed by atoms with Crippen molar-refractivity contribution in [1.82, 2.24) is 0 Å². The fraction of sp³-hybridized carbons (Fsp3) is 0.571. The normalized spacial score (nSPS) is 22.1. The molecule has 1 aliphatic heterocycles. The van der Waals surface area contributed by atoms with Crippen molar-refractivity contribution >= 4 is 5.97 Å². The van der Waals surface area contributed by atoms with Crippen molar-refractivity contribution in [3.05, 3.63) is 47.2 Å². The molecule has 1 N–H and O–H groups in total. The van der Waals surface area contributed by atoms with Gasteiger partial charge in [-0.05, 0) is 37.7 Å². The fourth-order valence-electron chi connectivity index (χ4n) is 4.05. The van der Waals surface area contributed by atoms with E-state index in [1.165, 1.54) is 0 Å². The van der Waals surface area contributed by atoms with E-state index in [4.69, 9.17) is 9.47 Å². The number of benzene rings is 1. The van der Waals surface area contributed by atoms with Crippen molar-refractivity contribution in [2.45, 2.75) is 64.1 Å². The zero-order valence-electron chi connectivity index (χ0n) is 15.2. The summed E-state index contributed by atoms with van der Waals surface area (Å²) in [6.07, 6.45) is 5.14. The summed E-state index contributed by atoms with van der Waals surface area (Å²) in [5.74, 6) is -0.499. The molecular weight excluding hydrogens is 316 g/mol. The molecule has 0 radical (unpaired) electrons. The second kappa shape index (κ2) is 7.61. The third-order valence-corrected chi connectivity index (χ3v) is 5.40. The number of carbonyl (C=O) groups is 1. The Labute approximate surface area is 149 Å². The molecule has 2 atom stereocenters. The summed E-state index contributed by atoms with van der Waals surface area (Å²) < 4.78 is 11.8. The van der Waals surface area contributed by atoms with E-state index in [9.17, 15) is 9.90 Å². The molecule has 0 saturated heterocycles. The molecule has 1 aromatic rings. The van der Waals surface area contributed by atoms with Crippen molar-refractivity contribution < 1.29 is 19.4 Å². The van der Waals surface area contributed by atoms with Crippen molar-refractivity contribution in [3.63, 3.8) is 0 Å². The van der Waals surface area contributed by atoms with Crippen LogP contribution in [0.15, 0.2) is 41.7 Å². The molecule has 25 heavy (non-hydrogen) atoms. The highest BCUT2D eigenvalue weighted by Crippen LogP contribution is 2.46. The summed E-state index contributed by atoms with van der Waals surface area (Å²) >= 11 is 0. The molecule has 0 unspecified atom stereocenters. The molecule has 1 fully saturated rings. The van der Waals surface area contributed by atoms with Crippen LogP contribution in [0.4, 0.5) is 0 Å². The number of hydrogen-bond donors (Lipinski definition) is 1. The fourth-order valence-corrected chi connectivity index (χ4v) is 4.05. The Bertz CT molecular complexity index is 629. The number of esters is 1. The number of hydrogen-bond acceptors (Lipinski definition) is 4. The molecule has 3 rings (SSSR count). The number of aliphatic hydroxyl groups excluding tert-OH is 1. The van der Waals surface area contributed by atoms with E-state index in [0.29, 0.717) is 25.0 Å². The first-order chi connectivity index (χ1) is 12.1. The quantitative estimate of drug-likeness (QED) is 0.749. The molecule has 136 valence electrons. The van der Waals surface area contributed by atoms with Gasteiger partial charge in [-0.1, -0.05) is 50.6 Å². The average Bonchev–Trinajstić information content (AvgIpc) is 2.86. The van der Waals surface area contributed by atoms with Crippen molar-refractivity contribution in [1.29, 1.82) is 0 Å². The second-order valence-electron chi connectivity index (χ2n) is 7.20. The van der Waals surface area contributed by atoms with Crippen LogP contribution in [0.3, 0.4) is 0 Å². The lowest BCUT2D eigenvalue weighted by atomic mass is 9.81. The third-order valence-electron chi connectivity index (χ3n) is 5.40. The van der Waals surface area contributed by atoms with Crippen LogP contribution in [0.1, 0.15) is 64.0 Å². The van der Waals surface area contributed by atoms with Crippen LogP contribution in [0, 0.1) is 5.92 Å². The van der Waals surface area contributed by atoms with Crippen molar-refractivity contribution in [2.75, 3.05) is 6.61 Å². The molecule has 0 aromatic heterocycles. The van der Waals surface area contributed by atoms with Crippen LogP contribution in [0.25, 0.3) is 0 Å². The van der Waals surface area contributed by atoms with Gasteiger partial charge >= 0.3 is 5.97 Å². The number of ether oxygens (including phenoxy) is 2. The number of carbonyl (C=O) groups excluding carboxylic acids is 1. The Morgan fingerprint density at radius 1 is 1.20 bits per heavy atom. The third kappa shape index (κ3) is 3.45. The Hall–Kier alpha value is -1.81. The van der Waals surface area contributed by atoms with Crippen LogP contribution in [0.2, 0.25) is 0 Å². The summed E-state index contributed by atoms with van der Waals surface area (Å²) in [6, 6.07) is 9.90. The van der Waals surface area contributed by atoms with Crippen molar-refractivity contribution in [3.8, 4) is 0 Å². The highest BCUT2D eigenvalue weighted by atomic mass is 16.6. The Balaban J connectivity index is 1.92. The largest absolute Gasteiger partial charge is 0.507 e. The molecule has 0 bridgehead atoms. The summed E-state index contributed by atoms with van der Waals surface area (Å²) in [5, 5.41) is 10.9. The molecule has 1 aromatic carbocycles. The summed E-state index contributed by atoms with van der Waals surface area (Å²) in [6.45, 7) is 4.62. The first kappa shape index (κ1) is 18.0. The lowest BCUT2D eigenvalue weighted by Gasteiger charge is -2.31. The molecule has 1 aliphatic carbocycles. The maximum Gasteiger partial charge on any atom is 0.338 e. The van der Waals surface area contributed by atoms with Gasteiger partial charge in [0.25, 0.3) is 0 Å². The van der Waals surface area contributed by atoms with Gasteiger partial charge in [0, 0.05) is 12.5 Å². The molecule has 1 saturated carbocycles. The van der Waals surface area contributed by atoms with E-state index in [1.54, 1.807) is 0 Å². The van der Waals surface area contributed by atoms with Crippen molar-refractivity contribution in [2.24, 2.45) is 5.92 Å². The van der Waals surface area contributed by atoms with Crippen LogP contribution < -0.4 is 0 Å². The first-order valence-electron chi connectivity index (χ1n) is 9.42. The van der Waals surface area contributed by atoms with Crippen LogP contribution in [-0.2, 0) is 14.3 Å². The van der Waals surface area contributed by atoms with Gasteiger partial charge in [0.05, 0.1) is 11.7 Å². The first-order valence-corrected chi connectivity index (χ1v) is 9.42. The summed E-state index contributed by atoms with van der Waals surface area (Å²) in [5.41, 5.74) is 0.623. The number of aliphatic hydroxyl groups is 1. The molecule has 1 heterocycles. The second-order valence-corrected chi connectivity index (χ2v) is 7.20. The predicted molar refractivity (Wildman–Crippen MR) is 96.2 cm³/mol. The Morgan fingerprint density at radius 3 is 2.52 bits per heavy atom. The van der Waals surface area contributed by atoms with Gasteiger partial charge in [0.1, 0.15) is 5.76 Å². The van der Waals surface area contributed by atoms with E-state index in [2.05, 4.69) is 6.92 Å². The molecule has 4 heteroatoms. The average molecular weight is 344 g/mol. The van der Waals surface area contributed by atoms with E-state index < -0.39 is 5.60 Å². The van der Waals surface area contributed by atoms with Gasteiger partial charge in [0.2, 0.25) is 0 Å². The molecule has 1 spiro atoms. The topological polar surface area (TPSA) is 55.8 Å².